The molecule has 268 valence electrons. The minimum atomic E-state index is -5.38. The smallest absolute Gasteiger partial charge is 0.418 e. The number of nitrogens with zero attached hydrogens (tertiary/aromatic N) is 2. The van der Waals surface area contributed by atoms with Crippen molar-refractivity contribution >= 4 is 41.3 Å². The van der Waals surface area contributed by atoms with Crippen LogP contribution in [0.1, 0.15) is 55.7 Å². The van der Waals surface area contributed by atoms with Crippen LogP contribution in [0.4, 0.5) is 32.0 Å². The summed E-state index contributed by atoms with van der Waals surface area (Å²) in [5.41, 5.74) is -3.89. The Balaban J connectivity index is 1.50. The zero-order valence-corrected chi connectivity index (χ0v) is 28.0. The van der Waals surface area contributed by atoms with Crippen LogP contribution in [0.5, 0.6) is 0 Å². The number of halogens is 6. The molecule has 0 radical (unpaired) electrons. The number of hydrogen-bond acceptors (Lipinski definition) is 7. The van der Waals surface area contributed by atoms with E-state index in [9.17, 15) is 40.7 Å². The maximum atomic E-state index is 14.4. The largest absolute Gasteiger partial charge is 0.466 e. The van der Waals surface area contributed by atoms with Crippen molar-refractivity contribution in [3.8, 4) is 0 Å². The summed E-state index contributed by atoms with van der Waals surface area (Å²) in [6, 6.07) is 8.31. The molecule has 8 nitrogen and oxygen atoms in total. The number of esters is 1. The average molecular weight is 716 g/mol. The Morgan fingerprint density at radius 1 is 0.918 bits per heavy atom. The molecule has 4 rings (SSSR count). The molecule has 0 aromatic heterocycles. The van der Waals surface area contributed by atoms with Crippen molar-refractivity contribution in [1.29, 1.82) is 0 Å². The Morgan fingerprint density at radius 2 is 1.57 bits per heavy atom. The number of nitrogens with one attached hydrogen (secondary N) is 1. The highest BCUT2D eigenvalue weighted by Gasteiger charge is 2.46. The summed E-state index contributed by atoms with van der Waals surface area (Å²) in [6.07, 6.45) is -6.66. The third kappa shape index (κ3) is 10.6. The molecule has 2 aliphatic rings. The van der Waals surface area contributed by atoms with Crippen LogP contribution in [0.25, 0.3) is 6.08 Å². The van der Waals surface area contributed by atoms with Gasteiger partial charge in [0.05, 0.1) is 17.7 Å². The van der Waals surface area contributed by atoms with Crippen molar-refractivity contribution in [2.45, 2.75) is 67.2 Å². The molecule has 0 unspecified atom stereocenters. The first-order valence-electron chi connectivity index (χ1n) is 15.9. The van der Waals surface area contributed by atoms with E-state index in [2.05, 4.69) is 5.32 Å². The first kappa shape index (κ1) is 38.1. The zero-order valence-electron chi connectivity index (χ0n) is 27.2. The lowest BCUT2D eigenvalue weighted by molar-refractivity contribution is -0.163. The third-order valence-electron chi connectivity index (χ3n) is 8.41. The maximum absolute atomic E-state index is 14.4. The summed E-state index contributed by atoms with van der Waals surface area (Å²) in [5.74, 6) is -1.10. The van der Waals surface area contributed by atoms with Gasteiger partial charge in [-0.25, -0.2) is 0 Å². The summed E-state index contributed by atoms with van der Waals surface area (Å²) in [4.78, 5) is 39.4. The Labute approximate surface area is 285 Å². The SMILES string of the molecule is CCOC(=O)CC1CCN(C(=O)/C=C/c2ccc(Sc3cccc(NC4CCN(C(=O)COC)CC4)c3)c(C(F)(F)F)c2C(F)(F)F)CC1. The summed E-state index contributed by atoms with van der Waals surface area (Å²) in [6.45, 7) is 3.45. The minimum Gasteiger partial charge on any atom is -0.466 e. The fraction of sp³-hybridized carbons (Fsp3) is 0.500. The van der Waals surface area contributed by atoms with Gasteiger partial charge in [-0.1, -0.05) is 23.9 Å². The molecule has 0 bridgehead atoms. The number of hydrogen-bond donors (Lipinski definition) is 1. The highest BCUT2D eigenvalue weighted by molar-refractivity contribution is 7.99. The van der Waals surface area contributed by atoms with Crippen LogP contribution in [0.15, 0.2) is 52.3 Å². The fourth-order valence-electron chi connectivity index (χ4n) is 5.99. The van der Waals surface area contributed by atoms with E-state index in [0.717, 1.165) is 24.3 Å². The van der Waals surface area contributed by atoms with E-state index in [0.29, 0.717) is 61.1 Å². The topological polar surface area (TPSA) is 88.2 Å². The first-order chi connectivity index (χ1) is 23.2. The average Bonchev–Trinajstić information content (AvgIpc) is 3.04. The second kappa shape index (κ2) is 16.8. The molecular formula is C34H39F6N3O5S. The first-order valence-corrected chi connectivity index (χ1v) is 16.8. The normalized spacial score (nSPS) is 16.7. The lowest BCUT2D eigenvalue weighted by atomic mass is 9.93. The Bertz CT molecular complexity index is 1500. The minimum absolute atomic E-state index is 0.00354. The molecule has 15 heteroatoms. The molecule has 2 heterocycles. The van der Waals surface area contributed by atoms with Crippen LogP contribution >= 0.6 is 11.8 Å². The van der Waals surface area contributed by atoms with Gasteiger partial charge < -0.3 is 24.6 Å². The van der Waals surface area contributed by atoms with Crippen molar-refractivity contribution in [3.05, 3.63) is 59.2 Å². The van der Waals surface area contributed by atoms with Crippen molar-refractivity contribution < 1.29 is 50.2 Å². The van der Waals surface area contributed by atoms with Crippen LogP contribution in [-0.4, -0.2) is 80.1 Å². The fourth-order valence-corrected chi connectivity index (χ4v) is 7.03. The second-order valence-electron chi connectivity index (χ2n) is 11.9. The van der Waals surface area contributed by atoms with Crippen molar-refractivity contribution in [1.82, 2.24) is 9.80 Å². The van der Waals surface area contributed by atoms with Crippen molar-refractivity contribution in [2.24, 2.45) is 5.92 Å². The molecule has 49 heavy (non-hydrogen) atoms. The zero-order chi connectivity index (χ0) is 35.8. The predicted octanol–water partition coefficient (Wildman–Crippen LogP) is 7.13. The highest BCUT2D eigenvalue weighted by Crippen LogP contribution is 2.48. The Morgan fingerprint density at radius 3 is 2.18 bits per heavy atom. The number of benzene rings is 2. The number of piperidine rings is 2. The number of alkyl halides is 6. The van der Waals surface area contributed by atoms with E-state index < -0.39 is 39.8 Å². The van der Waals surface area contributed by atoms with E-state index >= 15 is 0 Å². The molecule has 2 aromatic rings. The van der Waals surface area contributed by atoms with Gasteiger partial charge in [0.25, 0.3) is 0 Å². The number of likely N-dealkylation sites (tertiary alicyclic amines) is 2. The molecule has 0 saturated carbocycles. The molecule has 0 spiro atoms. The Kier molecular flexibility index (Phi) is 13.1. The summed E-state index contributed by atoms with van der Waals surface area (Å²) in [5, 5.41) is 3.31. The third-order valence-corrected chi connectivity index (χ3v) is 9.46. The van der Waals surface area contributed by atoms with Gasteiger partial charge in [0, 0.05) is 67.3 Å². The van der Waals surface area contributed by atoms with Crippen molar-refractivity contribution in [3.63, 3.8) is 0 Å². The van der Waals surface area contributed by atoms with Gasteiger partial charge in [-0.05, 0) is 74.4 Å². The monoisotopic (exact) mass is 715 g/mol. The predicted molar refractivity (Wildman–Crippen MR) is 172 cm³/mol. The van der Waals surface area contributed by atoms with Gasteiger partial charge in [-0.15, -0.1) is 0 Å². The van der Waals surface area contributed by atoms with E-state index in [1.54, 1.807) is 30.0 Å². The molecule has 0 aliphatic carbocycles. The number of methoxy groups -OCH3 is 1. The number of ether oxygens (including phenoxy) is 2. The number of carbonyl (C=O) groups is 3. The maximum Gasteiger partial charge on any atom is 0.418 e. The number of anilines is 1. The van der Waals surface area contributed by atoms with E-state index in [1.165, 1.54) is 18.1 Å². The summed E-state index contributed by atoms with van der Waals surface area (Å²) in [7, 11) is 1.44. The van der Waals surface area contributed by atoms with Crippen LogP contribution in [0.3, 0.4) is 0 Å². The molecule has 2 aromatic carbocycles. The van der Waals surface area contributed by atoms with E-state index in [1.807, 2.05) is 0 Å². The molecule has 2 fully saturated rings. The Hall–Kier alpha value is -3.72. The van der Waals surface area contributed by atoms with Gasteiger partial charge >= 0.3 is 18.3 Å². The number of rotatable bonds is 11. The van der Waals surface area contributed by atoms with Crippen LogP contribution in [-0.2, 0) is 36.2 Å². The van der Waals surface area contributed by atoms with E-state index in [4.69, 9.17) is 9.47 Å². The van der Waals surface area contributed by atoms with E-state index in [-0.39, 0.29) is 56.6 Å². The van der Waals surface area contributed by atoms with Crippen molar-refractivity contribution in [2.75, 3.05) is 51.8 Å². The number of carbonyl (C=O) groups excluding carboxylic acids is 3. The standard InChI is InChI=1S/C34H39F6N3O5S/c1-3-48-30(46)19-22-11-15-42(16-12-22)28(44)10-8-23-7-9-27(32(34(38,39)40)31(23)33(35,36)37)49-26-6-4-5-25(20-26)41-24-13-17-43(18-14-24)29(45)21-47-2/h4-10,20,22,24,41H,3,11-19,21H2,1-2H3/b10-8+. The summed E-state index contributed by atoms with van der Waals surface area (Å²) < 4.78 is 96.2. The van der Waals surface area contributed by atoms with Crippen LogP contribution in [0.2, 0.25) is 0 Å². The lowest BCUT2D eigenvalue weighted by Gasteiger charge is -2.32. The molecular weight excluding hydrogens is 676 g/mol. The molecule has 2 saturated heterocycles. The number of amides is 2. The molecule has 2 amide bonds. The lowest BCUT2D eigenvalue weighted by Crippen LogP contribution is -2.43. The molecule has 0 atom stereocenters. The quantitative estimate of drug-likeness (QED) is 0.151. The molecule has 1 N–H and O–H groups in total. The van der Waals surface area contributed by atoms with Crippen LogP contribution < -0.4 is 5.32 Å². The second-order valence-corrected chi connectivity index (χ2v) is 13.0. The molecule has 2 aliphatic heterocycles. The highest BCUT2D eigenvalue weighted by atomic mass is 32.2. The van der Waals surface area contributed by atoms with Gasteiger partial charge in [-0.3, -0.25) is 14.4 Å². The van der Waals surface area contributed by atoms with Gasteiger partial charge in [0.15, 0.2) is 0 Å². The van der Waals surface area contributed by atoms with Crippen LogP contribution in [0, 0.1) is 5.92 Å². The van der Waals surface area contributed by atoms with Gasteiger partial charge in [0.1, 0.15) is 6.61 Å². The van der Waals surface area contributed by atoms with Gasteiger partial charge in [-0.2, -0.15) is 26.3 Å². The summed E-state index contributed by atoms with van der Waals surface area (Å²) >= 11 is 0.561. The van der Waals surface area contributed by atoms with Gasteiger partial charge in [0.2, 0.25) is 11.8 Å².